The maximum absolute atomic E-state index is 3.99. The molecule has 1 aromatic carbocycles. The van der Waals surface area contributed by atoms with Crippen LogP contribution >= 0.6 is 15.9 Å². The molecule has 0 nitrogen and oxygen atoms in total. The summed E-state index contributed by atoms with van der Waals surface area (Å²) in [7, 11) is 0. The second-order valence-electron chi connectivity index (χ2n) is 2.99. The molecule has 0 aromatic heterocycles. The van der Waals surface area contributed by atoms with Gasteiger partial charge in [0, 0.05) is 4.47 Å². The van der Waals surface area contributed by atoms with Gasteiger partial charge in [0.2, 0.25) is 0 Å². The summed E-state index contributed by atoms with van der Waals surface area (Å²) >= 11 is 3.50. The smallest absolute Gasteiger partial charge is 0.0254 e. The zero-order chi connectivity index (χ0) is 9.42. The van der Waals surface area contributed by atoms with E-state index in [4.69, 9.17) is 0 Å². The second kappa shape index (κ2) is 3.00. The summed E-state index contributed by atoms with van der Waals surface area (Å²) in [5.41, 5.74) is 4.62. The highest BCUT2D eigenvalue weighted by Gasteiger charge is 2.13. The maximum atomic E-state index is 3.99. The van der Waals surface area contributed by atoms with Crippen LogP contribution in [0, 0.1) is 0 Å². The number of benzene rings is 1. The van der Waals surface area contributed by atoms with Gasteiger partial charge in [0.25, 0.3) is 0 Å². The van der Waals surface area contributed by atoms with Crippen molar-refractivity contribution < 1.29 is 0 Å². The van der Waals surface area contributed by atoms with Gasteiger partial charge in [-0.3, -0.25) is 0 Å². The van der Waals surface area contributed by atoms with Gasteiger partial charge in [-0.25, -0.2) is 0 Å². The van der Waals surface area contributed by atoms with E-state index in [9.17, 15) is 0 Å². The van der Waals surface area contributed by atoms with Gasteiger partial charge < -0.3 is 0 Å². The lowest BCUT2D eigenvalue weighted by molar-refractivity contribution is 1.54. The average Bonchev–Trinajstić information content (AvgIpc) is 2.49. The standard InChI is InChI=1S/C12H9Br/c1-3-10-11(13)7-6-9-5-4-8(2)12(9)10/h3-7H,1-2H2. The summed E-state index contributed by atoms with van der Waals surface area (Å²) in [4.78, 5) is 0. The topological polar surface area (TPSA) is 0 Å². The van der Waals surface area contributed by atoms with Crippen LogP contribution in [-0.2, 0) is 0 Å². The molecule has 13 heavy (non-hydrogen) atoms. The first-order chi connectivity index (χ1) is 6.24. The van der Waals surface area contributed by atoms with Crippen molar-refractivity contribution in [1.29, 1.82) is 0 Å². The van der Waals surface area contributed by atoms with E-state index in [1.165, 1.54) is 11.1 Å². The Hall–Kier alpha value is -1.08. The van der Waals surface area contributed by atoms with Gasteiger partial charge in [-0.2, -0.15) is 0 Å². The van der Waals surface area contributed by atoms with Crippen LogP contribution in [0.5, 0.6) is 0 Å². The van der Waals surface area contributed by atoms with Crippen LogP contribution in [0.2, 0.25) is 0 Å². The first-order valence-corrected chi connectivity index (χ1v) is 4.85. The second-order valence-corrected chi connectivity index (χ2v) is 3.84. The molecular formula is C12H9Br. The molecule has 0 spiro atoms. The molecule has 64 valence electrons. The third-order valence-corrected chi connectivity index (χ3v) is 2.91. The molecule has 0 atom stereocenters. The van der Waals surface area contributed by atoms with E-state index in [-0.39, 0.29) is 0 Å². The fourth-order valence-corrected chi connectivity index (χ4v) is 2.07. The van der Waals surface area contributed by atoms with E-state index in [0.717, 1.165) is 15.6 Å². The summed E-state index contributed by atoms with van der Waals surface area (Å²) in [6.45, 7) is 7.79. The first-order valence-electron chi connectivity index (χ1n) is 4.06. The van der Waals surface area contributed by atoms with Crippen LogP contribution in [0.3, 0.4) is 0 Å². The Labute approximate surface area is 86.4 Å². The Morgan fingerprint density at radius 3 is 2.69 bits per heavy atom. The van der Waals surface area contributed by atoms with Crippen LogP contribution in [0.15, 0.2) is 35.8 Å². The van der Waals surface area contributed by atoms with Crippen molar-refractivity contribution in [1.82, 2.24) is 0 Å². The predicted octanol–water partition coefficient (Wildman–Crippen LogP) is 4.13. The maximum Gasteiger partial charge on any atom is 0.0254 e. The van der Waals surface area contributed by atoms with Gasteiger partial charge in [0.1, 0.15) is 0 Å². The van der Waals surface area contributed by atoms with E-state index >= 15 is 0 Å². The normalized spacial score (nSPS) is 13.2. The molecule has 0 aliphatic heterocycles. The number of hydrogen-bond acceptors (Lipinski definition) is 0. The molecule has 0 radical (unpaired) electrons. The van der Waals surface area contributed by atoms with Crippen molar-refractivity contribution in [3.05, 3.63) is 52.5 Å². The van der Waals surface area contributed by atoms with E-state index in [1.807, 2.05) is 18.2 Å². The fourth-order valence-electron chi connectivity index (χ4n) is 1.58. The summed E-state index contributed by atoms with van der Waals surface area (Å²) in [5, 5.41) is 0. The third-order valence-electron chi connectivity index (χ3n) is 2.21. The Balaban J connectivity index is 2.78. The zero-order valence-electron chi connectivity index (χ0n) is 7.18. The van der Waals surface area contributed by atoms with E-state index in [0.29, 0.717) is 0 Å². The molecule has 0 N–H and O–H groups in total. The van der Waals surface area contributed by atoms with Gasteiger partial charge in [-0.1, -0.05) is 53.4 Å². The monoisotopic (exact) mass is 232 g/mol. The largest absolute Gasteiger partial charge is 0.0984 e. The van der Waals surface area contributed by atoms with Crippen LogP contribution in [-0.4, -0.2) is 0 Å². The Kier molecular flexibility index (Phi) is 1.97. The lowest BCUT2D eigenvalue weighted by Gasteiger charge is -2.07. The lowest BCUT2D eigenvalue weighted by atomic mass is 10.0. The molecule has 0 saturated carbocycles. The fraction of sp³-hybridized carbons (Fsp3) is 0. The van der Waals surface area contributed by atoms with E-state index < -0.39 is 0 Å². The molecule has 0 bridgehead atoms. The molecule has 1 heteroatoms. The van der Waals surface area contributed by atoms with E-state index in [2.05, 4.69) is 41.2 Å². The van der Waals surface area contributed by atoms with Gasteiger partial charge >= 0.3 is 0 Å². The average molecular weight is 233 g/mol. The van der Waals surface area contributed by atoms with Crippen LogP contribution in [0.1, 0.15) is 16.7 Å². The summed E-state index contributed by atoms with van der Waals surface area (Å²) in [6, 6.07) is 4.12. The van der Waals surface area contributed by atoms with Gasteiger partial charge in [-0.05, 0) is 28.3 Å². The predicted molar refractivity (Wildman–Crippen MR) is 62.3 cm³/mol. The molecule has 0 fully saturated rings. The van der Waals surface area contributed by atoms with Crippen molar-refractivity contribution in [2.45, 2.75) is 0 Å². The van der Waals surface area contributed by atoms with Crippen molar-refractivity contribution in [3.63, 3.8) is 0 Å². The van der Waals surface area contributed by atoms with Gasteiger partial charge in [0.05, 0.1) is 0 Å². The number of hydrogen-bond donors (Lipinski definition) is 0. The van der Waals surface area contributed by atoms with Crippen LogP contribution < -0.4 is 0 Å². The Morgan fingerprint density at radius 1 is 1.23 bits per heavy atom. The lowest BCUT2D eigenvalue weighted by Crippen LogP contribution is -1.87. The molecular weight excluding hydrogens is 224 g/mol. The Bertz CT molecular complexity index is 425. The van der Waals surface area contributed by atoms with E-state index in [1.54, 1.807) is 0 Å². The molecule has 2 rings (SSSR count). The van der Waals surface area contributed by atoms with Crippen molar-refractivity contribution in [3.8, 4) is 0 Å². The summed E-state index contributed by atoms with van der Waals surface area (Å²) in [6.07, 6.45) is 5.97. The van der Waals surface area contributed by atoms with Crippen LogP contribution in [0.25, 0.3) is 17.7 Å². The number of fused-ring (bicyclic) bond motifs is 1. The van der Waals surface area contributed by atoms with Crippen molar-refractivity contribution in [2.75, 3.05) is 0 Å². The molecule has 0 amide bonds. The zero-order valence-corrected chi connectivity index (χ0v) is 8.76. The molecule has 0 unspecified atom stereocenters. The highest BCUT2D eigenvalue weighted by atomic mass is 79.9. The molecule has 0 saturated heterocycles. The first kappa shape index (κ1) is 8.52. The molecule has 1 aliphatic rings. The molecule has 0 heterocycles. The summed E-state index contributed by atoms with van der Waals surface area (Å²) < 4.78 is 1.08. The van der Waals surface area contributed by atoms with Crippen LogP contribution in [0.4, 0.5) is 0 Å². The van der Waals surface area contributed by atoms with Crippen molar-refractivity contribution in [2.24, 2.45) is 0 Å². The van der Waals surface area contributed by atoms with Gasteiger partial charge in [0.15, 0.2) is 0 Å². The molecule has 1 aromatic rings. The SMILES string of the molecule is C=Cc1c(Br)ccc2c1C(=C)C=C2. The minimum absolute atomic E-state index is 1.06. The minimum Gasteiger partial charge on any atom is -0.0984 e. The number of allylic oxidation sites excluding steroid dienone is 2. The quantitative estimate of drug-likeness (QED) is 0.684. The number of rotatable bonds is 1. The Morgan fingerprint density at radius 2 is 2.00 bits per heavy atom. The summed E-state index contributed by atoms with van der Waals surface area (Å²) in [5.74, 6) is 0. The highest BCUT2D eigenvalue weighted by molar-refractivity contribution is 9.10. The molecule has 1 aliphatic carbocycles. The minimum atomic E-state index is 1.06. The van der Waals surface area contributed by atoms with Gasteiger partial charge in [-0.15, -0.1) is 0 Å². The highest BCUT2D eigenvalue weighted by Crippen LogP contribution is 2.35. The third kappa shape index (κ3) is 1.20. The van der Waals surface area contributed by atoms with Crippen molar-refractivity contribution >= 4 is 33.7 Å². The number of halogens is 1.